The van der Waals surface area contributed by atoms with Gasteiger partial charge in [0.25, 0.3) is 0 Å². The van der Waals surface area contributed by atoms with Gasteiger partial charge >= 0.3 is 6.36 Å². The molecule has 0 aromatic carbocycles. The number of rotatable bonds is 2. The van der Waals surface area contributed by atoms with Gasteiger partial charge in [0.2, 0.25) is 0 Å². The predicted octanol–water partition coefficient (Wildman–Crippen LogP) is 2.71. The smallest absolute Gasteiger partial charge is 0.289 e. The zero-order valence-corrected chi connectivity index (χ0v) is 6.32. The van der Waals surface area contributed by atoms with Gasteiger partial charge in [0.15, 0.2) is 0 Å². The van der Waals surface area contributed by atoms with E-state index in [1.165, 1.54) is 0 Å². The van der Waals surface area contributed by atoms with Crippen molar-refractivity contribution in [1.82, 2.24) is 0 Å². The van der Waals surface area contributed by atoms with Gasteiger partial charge in [0.1, 0.15) is 0 Å². The zero-order valence-electron chi connectivity index (χ0n) is 6.32. The van der Waals surface area contributed by atoms with Gasteiger partial charge in [-0.1, -0.05) is 13.3 Å². The third-order valence-electron chi connectivity index (χ3n) is 2.07. The highest BCUT2D eigenvalue weighted by Crippen LogP contribution is 2.36. The van der Waals surface area contributed by atoms with E-state index in [0.29, 0.717) is 18.8 Å². The molecule has 1 nitrogen and oxygen atoms in total. The van der Waals surface area contributed by atoms with Crippen LogP contribution in [0.25, 0.3) is 0 Å². The van der Waals surface area contributed by atoms with Gasteiger partial charge in [0.05, 0.1) is 6.10 Å². The van der Waals surface area contributed by atoms with E-state index in [1.54, 1.807) is 0 Å². The molecule has 0 unspecified atom stereocenters. The van der Waals surface area contributed by atoms with Crippen molar-refractivity contribution in [2.24, 2.45) is 5.92 Å². The van der Waals surface area contributed by atoms with Crippen LogP contribution in [0.3, 0.4) is 0 Å². The molecule has 0 atom stereocenters. The Hall–Kier alpha value is -0.250. The topological polar surface area (TPSA) is 9.23 Å². The Morgan fingerprint density at radius 3 is 2.27 bits per heavy atom. The van der Waals surface area contributed by atoms with Crippen molar-refractivity contribution in [2.45, 2.75) is 38.7 Å². The standard InChI is InChI=1S/C7H11F3O/c1-2-5-3-6(4-5)11-7(8,9)10/h5-6H,2-4H2,1H3. The van der Waals surface area contributed by atoms with Crippen molar-refractivity contribution < 1.29 is 17.9 Å². The fourth-order valence-electron chi connectivity index (χ4n) is 1.29. The lowest BCUT2D eigenvalue weighted by molar-refractivity contribution is -0.354. The van der Waals surface area contributed by atoms with E-state index in [-0.39, 0.29) is 0 Å². The van der Waals surface area contributed by atoms with E-state index in [4.69, 9.17) is 0 Å². The van der Waals surface area contributed by atoms with Crippen LogP contribution in [0, 0.1) is 5.92 Å². The Balaban J connectivity index is 2.14. The Bertz CT molecular complexity index is 126. The first kappa shape index (κ1) is 8.84. The molecule has 0 aromatic rings. The molecule has 1 aliphatic rings. The Labute approximate surface area is 63.5 Å². The molecule has 0 bridgehead atoms. The minimum Gasteiger partial charge on any atom is -0.289 e. The Kier molecular flexibility index (Phi) is 2.42. The van der Waals surface area contributed by atoms with Gasteiger partial charge in [-0.15, -0.1) is 13.2 Å². The highest BCUT2D eigenvalue weighted by atomic mass is 19.4. The van der Waals surface area contributed by atoms with Crippen molar-refractivity contribution in [3.05, 3.63) is 0 Å². The quantitative estimate of drug-likeness (QED) is 0.616. The molecule has 0 amide bonds. The summed E-state index contributed by atoms with van der Waals surface area (Å²) in [6.45, 7) is 1.98. The van der Waals surface area contributed by atoms with Crippen molar-refractivity contribution in [3.63, 3.8) is 0 Å². The minimum absolute atomic E-state index is 0.447. The SMILES string of the molecule is CCC1CC(OC(F)(F)F)C1. The van der Waals surface area contributed by atoms with Crippen LogP contribution in [-0.4, -0.2) is 12.5 Å². The van der Waals surface area contributed by atoms with Gasteiger partial charge in [0, 0.05) is 0 Å². The van der Waals surface area contributed by atoms with E-state index < -0.39 is 12.5 Å². The van der Waals surface area contributed by atoms with Gasteiger partial charge in [-0.3, -0.25) is 4.74 Å². The lowest BCUT2D eigenvalue weighted by Gasteiger charge is -2.34. The number of hydrogen-bond donors (Lipinski definition) is 0. The van der Waals surface area contributed by atoms with Crippen LogP contribution in [0.2, 0.25) is 0 Å². The average Bonchev–Trinajstić information content (AvgIpc) is 1.75. The van der Waals surface area contributed by atoms with Gasteiger partial charge in [-0.25, -0.2) is 0 Å². The summed E-state index contributed by atoms with van der Waals surface area (Å²) < 4.78 is 38.4. The molecule has 66 valence electrons. The van der Waals surface area contributed by atoms with Crippen LogP contribution in [-0.2, 0) is 4.74 Å². The monoisotopic (exact) mass is 168 g/mol. The highest BCUT2D eigenvalue weighted by Gasteiger charge is 2.39. The Morgan fingerprint density at radius 2 is 1.91 bits per heavy atom. The van der Waals surface area contributed by atoms with E-state index >= 15 is 0 Å². The fourth-order valence-corrected chi connectivity index (χ4v) is 1.29. The predicted molar refractivity (Wildman–Crippen MR) is 33.9 cm³/mol. The van der Waals surface area contributed by atoms with E-state index in [9.17, 15) is 13.2 Å². The molecule has 0 heterocycles. The molecular weight excluding hydrogens is 157 g/mol. The summed E-state index contributed by atoms with van der Waals surface area (Å²) in [6, 6.07) is 0. The lowest BCUT2D eigenvalue weighted by Crippen LogP contribution is -2.35. The van der Waals surface area contributed by atoms with Crippen LogP contribution >= 0.6 is 0 Å². The maximum atomic E-state index is 11.5. The summed E-state index contributed by atoms with van der Waals surface area (Å²) in [5.41, 5.74) is 0. The molecule has 0 aliphatic heterocycles. The van der Waals surface area contributed by atoms with Crippen molar-refractivity contribution in [3.8, 4) is 0 Å². The van der Waals surface area contributed by atoms with Crippen molar-refractivity contribution in [1.29, 1.82) is 0 Å². The van der Waals surface area contributed by atoms with Gasteiger partial charge < -0.3 is 0 Å². The maximum absolute atomic E-state index is 11.5. The largest absolute Gasteiger partial charge is 0.522 e. The molecule has 0 aromatic heterocycles. The summed E-state index contributed by atoms with van der Waals surface area (Å²) in [7, 11) is 0. The zero-order chi connectivity index (χ0) is 8.48. The summed E-state index contributed by atoms with van der Waals surface area (Å²) in [5, 5.41) is 0. The first-order chi connectivity index (χ1) is 5.01. The van der Waals surface area contributed by atoms with Crippen LogP contribution < -0.4 is 0 Å². The third-order valence-corrected chi connectivity index (χ3v) is 2.07. The molecule has 0 spiro atoms. The number of hydrogen-bond acceptors (Lipinski definition) is 1. The molecule has 1 rings (SSSR count). The first-order valence-electron chi connectivity index (χ1n) is 3.76. The second-order valence-corrected chi connectivity index (χ2v) is 2.93. The van der Waals surface area contributed by atoms with E-state index in [1.807, 2.05) is 6.92 Å². The average molecular weight is 168 g/mol. The number of alkyl halides is 3. The molecular formula is C7H11F3O. The molecule has 1 fully saturated rings. The van der Waals surface area contributed by atoms with Crippen molar-refractivity contribution >= 4 is 0 Å². The van der Waals surface area contributed by atoms with Crippen LogP contribution in [0.1, 0.15) is 26.2 Å². The molecule has 11 heavy (non-hydrogen) atoms. The second-order valence-electron chi connectivity index (χ2n) is 2.93. The summed E-state index contributed by atoms with van der Waals surface area (Å²) >= 11 is 0. The van der Waals surface area contributed by atoms with Gasteiger partial charge in [-0.2, -0.15) is 0 Å². The van der Waals surface area contributed by atoms with Crippen LogP contribution in [0.15, 0.2) is 0 Å². The number of ether oxygens (including phenoxy) is 1. The molecule has 1 saturated carbocycles. The molecule has 1 aliphatic carbocycles. The van der Waals surface area contributed by atoms with Gasteiger partial charge in [-0.05, 0) is 18.8 Å². The second kappa shape index (κ2) is 3.01. The van der Waals surface area contributed by atoms with Crippen LogP contribution in [0.5, 0.6) is 0 Å². The van der Waals surface area contributed by atoms with E-state index in [2.05, 4.69) is 4.74 Å². The molecule has 0 N–H and O–H groups in total. The summed E-state index contributed by atoms with van der Waals surface area (Å²) in [4.78, 5) is 0. The molecule has 4 heteroatoms. The minimum atomic E-state index is -4.44. The normalized spacial score (nSPS) is 31.6. The van der Waals surface area contributed by atoms with Crippen molar-refractivity contribution in [2.75, 3.05) is 0 Å². The summed E-state index contributed by atoms with van der Waals surface area (Å²) in [6.07, 6.45) is -2.92. The number of halogens is 3. The first-order valence-corrected chi connectivity index (χ1v) is 3.76. The third kappa shape index (κ3) is 2.69. The lowest BCUT2D eigenvalue weighted by atomic mass is 9.81. The highest BCUT2D eigenvalue weighted by molar-refractivity contribution is 4.79. The van der Waals surface area contributed by atoms with E-state index in [0.717, 1.165) is 6.42 Å². The van der Waals surface area contributed by atoms with Crippen LogP contribution in [0.4, 0.5) is 13.2 Å². The Morgan fingerprint density at radius 1 is 1.36 bits per heavy atom. The maximum Gasteiger partial charge on any atom is 0.522 e. The molecule has 0 saturated heterocycles. The summed E-state index contributed by atoms with van der Waals surface area (Å²) in [5.74, 6) is 0.447. The molecule has 0 radical (unpaired) electrons. The fraction of sp³-hybridized carbons (Fsp3) is 1.00.